The lowest BCUT2D eigenvalue weighted by atomic mass is 10.1. The number of nitrogens with one attached hydrogen (secondary N) is 3. The maximum absolute atomic E-state index is 13.3. The van der Waals surface area contributed by atoms with Crippen LogP contribution in [0.3, 0.4) is 0 Å². The van der Waals surface area contributed by atoms with Crippen LogP contribution in [-0.2, 0) is 9.59 Å². The summed E-state index contributed by atoms with van der Waals surface area (Å²) in [5, 5.41) is 8.04. The van der Waals surface area contributed by atoms with Crippen LogP contribution in [0.4, 0.5) is 11.4 Å². The Balaban J connectivity index is 1.43. The van der Waals surface area contributed by atoms with Crippen molar-refractivity contribution in [3.05, 3.63) is 114 Å². The van der Waals surface area contributed by atoms with Crippen LogP contribution >= 0.6 is 11.8 Å². The Morgan fingerprint density at radius 3 is 1.91 bits per heavy atom. The zero-order valence-electron chi connectivity index (χ0n) is 24.8. The minimum absolute atomic E-state index is 0.0712. The average Bonchev–Trinajstić information content (AvgIpc) is 3.05. The van der Waals surface area contributed by atoms with Gasteiger partial charge in [0.1, 0.15) is 22.9 Å². The van der Waals surface area contributed by atoms with Gasteiger partial charge in [0.15, 0.2) is 0 Å². The zero-order valence-corrected chi connectivity index (χ0v) is 25.6. The molecule has 4 rings (SSSR count). The van der Waals surface area contributed by atoms with Gasteiger partial charge in [-0.2, -0.15) is 0 Å². The molecule has 0 saturated heterocycles. The number of methoxy groups -OCH3 is 3. The van der Waals surface area contributed by atoms with E-state index in [-0.39, 0.29) is 11.6 Å². The molecule has 4 aromatic rings. The molecule has 0 spiro atoms. The second-order valence-electron chi connectivity index (χ2n) is 9.48. The standard InChI is InChI=1S/C34H33N3O6S/c1-22(32(38)36-26-19-28(42-3)21-29(20-26)43-4)44-30-16-12-25(13-17-30)35-34(40)31(18-23-10-14-27(41-2)15-11-23)37-33(39)24-8-6-5-7-9-24/h5-22H,1-4H3,(H,35,40)(H,36,38)(H,37,39)/b31-18-. The molecular formula is C34H33N3O6S. The van der Waals surface area contributed by atoms with Gasteiger partial charge in [0.25, 0.3) is 11.8 Å². The summed E-state index contributed by atoms with van der Waals surface area (Å²) in [7, 11) is 4.66. The van der Waals surface area contributed by atoms with Gasteiger partial charge < -0.3 is 30.2 Å². The summed E-state index contributed by atoms with van der Waals surface area (Å²) in [6.45, 7) is 1.80. The number of anilines is 2. The van der Waals surface area contributed by atoms with Gasteiger partial charge in [0.2, 0.25) is 5.91 Å². The first-order valence-corrected chi connectivity index (χ1v) is 14.5. The molecule has 0 radical (unpaired) electrons. The van der Waals surface area contributed by atoms with Gasteiger partial charge in [0, 0.05) is 40.0 Å². The maximum atomic E-state index is 13.3. The summed E-state index contributed by atoms with van der Waals surface area (Å²) in [4.78, 5) is 39.9. The Labute approximate surface area is 260 Å². The highest BCUT2D eigenvalue weighted by Gasteiger charge is 2.17. The SMILES string of the molecule is COc1ccc(/C=C(\NC(=O)c2ccccc2)C(=O)Nc2ccc(SC(C)C(=O)Nc3cc(OC)cc(OC)c3)cc2)cc1. The largest absolute Gasteiger partial charge is 0.497 e. The van der Waals surface area contributed by atoms with Crippen LogP contribution in [0, 0.1) is 0 Å². The van der Waals surface area contributed by atoms with Crippen LogP contribution in [0.5, 0.6) is 17.2 Å². The van der Waals surface area contributed by atoms with Gasteiger partial charge in [-0.15, -0.1) is 11.8 Å². The van der Waals surface area contributed by atoms with Gasteiger partial charge in [-0.05, 0) is 67.1 Å². The average molecular weight is 612 g/mol. The van der Waals surface area contributed by atoms with E-state index in [9.17, 15) is 14.4 Å². The van der Waals surface area contributed by atoms with E-state index in [0.29, 0.717) is 39.8 Å². The minimum Gasteiger partial charge on any atom is -0.497 e. The van der Waals surface area contributed by atoms with Crippen molar-refractivity contribution in [3.63, 3.8) is 0 Å². The van der Waals surface area contributed by atoms with E-state index in [1.165, 1.54) is 11.8 Å². The summed E-state index contributed by atoms with van der Waals surface area (Å²) >= 11 is 1.37. The lowest BCUT2D eigenvalue weighted by Crippen LogP contribution is -2.30. The highest BCUT2D eigenvalue weighted by Crippen LogP contribution is 2.29. The topological polar surface area (TPSA) is 115 Å². The van der Waals surface area contributed by atoms with Gasteiger partial charge >= 0.3 is 0 Å². The highest BCUT2D eigenvalue weighted by molar-refractivity contribution is 8.00. The van der Waals surface area contributed by atoms with Crippen LogP contribution in [0.2, 0.25) is 0 Å². The molecule has 0 saturated carbocycles. The first-order chi connectivity index (χ1) is 21.3. The molecule has 0 aromatic heterocycles. The molecule has 1 atom stereocenters. The predicted octanol–water partition coefficient (Wildman–Crippen LogP) is 6.24. The van der Waals surface area contributed by atoms with E-state index in [4.69, 9.17) is 14.2 Å². The van der Waals surface area contributed by atoms with Crippen molar-refractivity contribution in [2.45, 2.75) is 17.1 Å². The fourth-order valence-electron chi connectivity index (χ4n) is 4.01. The number of rotatable bonds is 12. The molecule has 0 aliphatic rings. The van der Waals surface area contributed by atoms with Gasteiger partial charge in [-0.1, -0.05) is 30.3 Å². The fourth-order valence-corrected chi connectivity index (χ4v) is 4.87. The number of ether oxygens (including phenoxy) is 3. The second kappa shape index (κ2) is 15.3. The van der Waals surface area contributed by atoms with E-state index >= 15 is 0 Å². The number of thioether (sulfide) groups is 1. The summed E-state index contributed by atoms with van der Waals surface area (Å²) in [5.41, 5.74) is 2.28. The monoisotopic (exact) mass is 611 g/mol. The van der Waals surface area contributed by atoms with Crippen LogP contribution < -0.4 is 30.2 Å². The van der Waals surface area contributed by atoms with Crippen LogP contribution in [0.1, 0.15) is 22.8 Å². The first-order valence-electron chi connectivity index (χ1n) is 13.6. The second-order valence-corrected chi connectivity index (χ2v) is 10.9. The number of hydrogen-bond donors (Lipinski definition) is 3. The minimum atomic E-state index is -0.494. The molecule has 0 fully saturated rings. The van der Waals surface area contributed by atoms with E-state index < -0.39 is 17.1 Å². The molecule has 10 heteroatoms. The van der Waals surface area contributed by atoms with Gasteiger partial charge in [-0.25, -0.2) is 0 Å². The molecule has 4 aromatic carbocycles. The van der Waals surface area contributed by atoms with Crippen LogP contribution in [-0.4, -0.2) is 44.3 Å². The van der Waals surface area contributed by atoms with Crippen LogP contribution in [0.25, 0.3) is 6.08 Å². The molecule has 226 valence electrons. The summed E-state index contributed by atoms with van der Waals surface area (Å²) < 4.78 is 15.8. The summed E-state index contributed by atoms with van der Waals surface area (Å²) in [5.74, 6) is 0.717. The van der Waals surface area contributed by atoms with Gasteiger partial charge in [0.05, 0.1) is 26.6 Å². The van der Waals surface area contributed by atoms with E-state index in [1.807, 2.05) is 18.2 Å². The van der Waals surface area contributed by atoms with Crippen molar-refractivity contribution in [3.8, 4) is 17.2 Å². The van der Waals surface area contributed by atoms with Crippen LogP contribution in [0.15, 0.2) is 108 Å². The van der Waals surface area contributed by atoms with Crippen molar-refractivity contribution in [2.75, 3.05) is 32.0 Å². The number of carbonyl (C=O) groups is 3. The van der Waals surface area contributed by atoms with E-state index in [1.54, 1.807) is 113 Å². The smallest absolute Gasteiger partial charge is 0.272 e. The quantitative estimate of drug-likeness (QED) is 0.128. The highest BCUT2D eigenvalue weighted by atomic mass is 32.2. The third-order valence-electron chi connectivity index (χ3n) is 6.37. The van der Waals surface area contributed by atoms with Crippen molar-refractivity contribution in [1.29, 1.82) is 0 Å². The Bertz CT molecular complexity index is 1600. The van der Waals surface area contributed by atoms with Crippen molar-refractivity contribution in [1.82, 2.24) is 5.32 Å². The fraction of sp³-hybridized carbons (Fsp3) is 0.147. The molecule has 0 aliphatic heterocycles. The van der Waals surface area contributed by atoms with Crippen molar-refractivity contribution < 1.29 is 28.6 Å². The molecule has 0 heterocycles. The Morgan fingerprint density at radius 2 is 1.32 bits per heavy atom. The number of hydrogen-bond acceptors (Lipinski definition) is 7. The lowest BCUT2D eigenvalue weighted by molar-refractivity contribution is -0.115. The van der Waals surface area contributed by atoms with Crippen molar-refractivity contribution >= 4 is 46.9 Å². The van der Waals surface area contributed by atoms with Gasteiger partial charge in [-0.3, -0.25) is 14.4 Å². The molecule has 0 bridgehead atoms. The Morgan fingerprint density at radius 1 is 0.705 bits per heavy atom. The first kappa shape index (κ1) is 31.7. The molecule has 0 aliphatic carbocycles. The molecule has 1 unspecified atom stereocenters. The number of amides is 3. The zero-order chi connectivity index (χ0) is 31.5. The number of benzene rings is 4. The molecule has 44 heavy (non-hydrogen) atoms. The Kier molecular flexibility index (Phi) is 11.0. The van der Waals surface area contributed by atoms with Crippen molar-refractivity contribution in [2.24, 2.45) is 0 Å². The molecule has 3 amide bonds. The summed E-state index contributed by atoms with van der Waals surface area (Å²) in [6, 6.07) is 28.0. The maximum Gasteiger partial charge on any atom is 0.272 e. The molecule has 9 nitrogen and oxygen atoms in total. The predicted molar refractivity (Wildman–Crippen MR) is 173 cm³/mol. The third kappa shape index (κ3) is 8.89. The normalized spacial score (nSPS) is 11.6. The van der Waals surface area contributed by atoms with E-state index in [2.05, 4.69) is 16.0 Å². The Hall–Kier alpha value is -5.22. The molecule has 3 N–H and O–H groups in total. The van der Waals surface area contributed by atoms with E-state index in [0.717, 1.165) is 4.90 Å². The third-order valence-corrected chi connectivity index (χ3v) is 7.48. The lowest BCUT2D eigenvalue weighted by Gasteiger charge is -2.14. The number of carbonyl (C=O) groups excluding carboxylic acids is 3. The summed E-state index contributed by atoms with van der Waals surface area (Å²) in [6.07, 6.45) is 1.60. The molecular weight excluding hydrogens is 578 g/mol.